The van der Waals surface area contributed by atoms with Gasteiger partial charge >= 0.3 is 5.97 Å². The van der Waals surface area contributed by atoms with E-state index >= 15 is 0 Å². The lowest BCUT2D eigenvalue weighted by molar-refractivity contribution is -0.136. The fourth-order valence-electron chi connectivity index (χ4n) is 0.989. The number of aromatic nitrogens is 1. The number of thioether (sulfide) groups is 1. The first kappa shape index (κ1) is 11.5. The van der Waals surface area contributed by atoms with E-state index in [9.17, 15) is 4.79 Å². The van der Waals surface area contributed by atoms with Gasteiger partial charge in [-0.15, -0.1) is 11.8 Å². The normalized spacial score (nSPS) is 11.7. The van der Waals surface area contributed by atoms with Crippen LogP contribution in [0.2, 0.25) is 0 Å². The number of carboxylic acid groups (broad SMARTS) is 1. The molecule has 0 radical (unpaired) electrons. The van der Waals surface area contributed by atoms with Crippen molar-refractivity contribution >= 4 is 17.7 Å². The molecule has 0 aliphatic rings. The van der Waals surface area contributed by atoms with Crippen molar-refractivity contribution in [1.29, 1.82) is 5.26 Å². The van der Waals surface area contributed by atoms with Gasteiger partial charge in [-0.25, -0.2) is 4.98 Å². The van der Waals surface area contributed by atoms with Gasteiger partial charge in [0.15, 0.2) is 0 Å². The fraction of sp³-hybridized carbons (Fsp3) is 0.300. The van der Waals surface area contributed by atoms with Gasteiger partial charge in [0.1, 0.15) is 17.0 Å². The maximum atomic E-state index is 10.8. The third-order valence-electron chi connectivity index (χ3n) is 1.78. The van der Waals surface area contributed by atoms with Gasteiger partial charge in [-0.1, -0.05) is 6.92 Å². The van der Waals surface area contributed by atoms with E-state index < -0.39 is 11.2 Å². The zero-order valence-corrected chi connectivity index (χ0v) is 8.99. The summed E-state index contributed by atoms with van der Waals surface area (Å²) in [5.41, 5.74) is 0.336. The predicted molar refractivity (Wildman–Crippen MR) is 56.5 cm³/mol. The molecule has 1 aromatic heterocycles. The highest BCUT2D eigenvalue weighted by Gasteiger charge is 2.16. The molecule has 0 aliphatic heterocycles. The lowest BCUT2D eigenvalue weighted by Gasteiger charge is -2.08. The van der Waals surface area contributed by atoms with Crippen LogP contribution in [-0.4, -0.2) is 21.3 Å². The molecule has 5 heteroatoms. The van der Waals surface area contributed by atoms with Crippen molar-refractivity contribution in [2.24, 2.45) is 0 Å². The van der Waals surface area contributed by atoms with Gasteiger partial charge in [0, 0.05) is 11.1 Å². The fourth-order valence-corrected chi connectivity index (χ4v) is 1.84. The molecule has 0 aromatic carbocycles. The largest absolute Gasteiger partial charge is 0.480 e. The highest BCUT2D eigenvalue weighted by Crippen LogP contribution is 2.24. The molecule has 1 unspecified atom stereocenters. The summed E-state index contributed by atoms with van der Waals surface area (Å²) in [5, 5.41) is 16.9. The Labute approximate surface area is 91.9 Å². The van der Waals surface area contributed by atoms with Gasteiger partial charge in [0.25, 0.3) is 0 Å². The van der Waals surface area contributed by atoms with Crippen LogP contribution < -0.4 is 0 Å². The maximum Gasteiger partial charge on any atom is 0.316 e. The SMILES string of the molecule is CCC(Sc1ccc(C#N)nc1)C(=O)O. The van der Waals surface area contributed by atoms with Crippen LogP contribution in [0.4, 0.5) is 0 Å². The second-order valence-corrected chi connectivity index (χ2v) is 4.12. The first-order valence-corrected chi connectivity index (χ1v) is 5.31. The van der Waals surface area contributed by atoms with E-state index in [1.165, 1.54) is 18.0 Å². The molecule has 0 spiro atoms. The Hall–Kier alpha value is -1.54. The van der Waals surface area contributed by atoms with Crippen LogP contribution in [0, 0.1) is 11.3 Å². The third-order valence-corrected chi connectivity index (χ3v) is 3.11. The van der Waals surface area contributed by atoms with Crippen molar-refractivity contribution in [2.75, 3.05) is 0 Å². The Morgan fingerprint density at radius 3 is 2.87 bits per heavy atom. The van der Waals surface area contributed by atoms with Crippen molar-refractivity contribution in [3.8, 4) is 6.07 Å². The van der Waals surface area contributed by atoms with Crippen molar-refractivity contribution in [2.45, 2.75) is 23.5 Å². The average Bonchev–Trinajstić information content (AvgIpc) is 2.26. The molecule has 1 atom stereocenters. The molecule has 15 heavy (non-hydrogen) atoms. The van der Waals surface area contributed by atoms with Crippen molar-refractivity contribution < 1.29 is 9.90 Å². The lowest BCUT2D eigenvalue weighted by atomic mass is 10.3. The van der Waals surface area contributed by atoms with Crippen LogP contribution in [0.3, 0.4) is 0 Å². The van der Waals surface area contributed by atoms with Gasteiger partial charge in [-0.2, -0.15) is 5.26 Å². The molecule has 78 valence electrons. The van der Waals surface area contributed by atoms with E-state index in [1.54, 1.807) is 12.1 Å². The van der Waals surface area contributed by atoms with Crippen molar-refractivity contribution in [3.05, 3.63) is 24.0 Å². The van der Waals surface area contributed by atoms with E-state index in [2.05, 4.69) is 4.98 Å². The highest BCUT2D eigenvalue weighted by molar-refractivity contribution is 8.00. The van der Waals surface area contributed by atoms with Gasteiger partial charge in [0.05, 0.1) is 0 Å². The topological polar surface area (TPSA) is 74.0 Å². The Balaban J connectivity index is 2.72. The number of nitrogens with zero attached hydrogens (tertiary/aromatic N) is 2. The third kappa shape index (κ3) is 3.26. The first-order valence-electron chi connectivity index (χ1n) is 4.43. The van der Waals surface area contributed by atoms with Gasteiger partial charge < -0.3 is 5.11 Å². The summed E-state index contributed by atoms with van der Waals surface area (Å²) in [6.07, 6.45) is 2.08. The summed E-state index contributed by atoms with van der Waals surface area (Å²) in [6.45, 7) is 1.82. The van der Waals surface area contributed by atoms with E-state index in [4.69, 9.17) is 10.4 Å². The number of hydrogen-bond acceptors (Lipinski definition) is 4. The first-order chi connectivity index (χ1) is 7.17. The Bertz CT molecular complexity index is 383. The molecule has 1 N–H and O–H groups in total. The molecule has 0 fully saturated rings. The molecule has 0 saturated carbocycles. The monoisotopic (exact) mass is 222 g/mol. The minimum Gasteiger partial charge on any atom is -0.480 e. The molecular weight excluding hydrogens is 212 g/mol. The van der Waals surface area contributed by atoms with Crippen LogP contribution in [0.15, 0.2) is 23.2 Å². The summed E-state index contributed by atoms with van der Waals surface area (Å²) in [4.78, 5) is 15.4. The van der Waals surface area contributed by atoms with Crippen LogP contribution in [-0.2, 0) is 4.79 Å². The molecule has 1 rings (SSSR count). The number of aliphatic carboxylic acids is 1. The van der Waals surface area contributed by atoms with Crippen LogP contribution in [0.25, 0.3) is 0 Å². The smallest absolute Gasteiger partial charge is 0.316 e. The van der Waals surface area contributed by atoms with E-state index in [0.29, 0.717) is 12.1 Å². The Morgan fingerprint density at radius 1 is 1.73 bits per heavy atom. The lowest BCUT2D eigenvalue weighted by Crippen LogP contribution is -2.14. The summed E-state index contributed by atoms with van der Waals surface area (Å²) >= 11 is 1.24. The number of hydrogen-bond donors (Lipinski definition) is 1. The van der Waals surface area contributed by atoms with Gasteiger partial charge in [-0.3, -0.25) is 4.79 Å². The van der Waals surface area contributed by atoms with E-state index in [0.717, 1.165) is 4.90 Å². The number of rotatable bonds is 4. The molecule has 1 heterocycles. The predicted octanol–water partition coefficient (Wildman–Crippen LogP) is 1.91. The second-order valence-electron chi connectivity index (χ2n) is 2.84. The van der Waals surface area contributed by atoms with Gasteiger partial charge in [-0.05, 0) is 18.6 Å². The molecule has 0 amide bonds. The Kier molecular flexibility index (Phi) is 4.13. The van der Waals surface area contributed by atoms with Crippen LogP contribution >= 0.6 is 11.8 Å². The minimum atomic E-state index is -0.827. The Morgan fingerprint density at radius 2 is 2.47 bits per heavy atom. The zero-order valence-electron chi connectivity index (χ0n) is 8.17. The quantitative estimate of drug-likeness (QED) is 0.787. The molecular formula is C10H10N2O2S. The highest BCUT2D eigenvalue weighted by atomic mass is 32.2. The summed E-state index contributed by atoms with van der Waals surface area (Å²) in [5.74, 6) is -0.827. The average molecular weight is 222 g/mol. The summed E-state index contributed by atoms with van der Waals surface area (Å²) in [6, 6.07) is 5.20. The molecule has 0 saturated heterocycles. The second kappa shape index (κ2) is 5.37. The minimum absolute atomic E-state index is 0.336. The van der Waals surface area contributed by atoms with Gasteiger partial charge in [0.2, 0.25) is 0 Å². The number of carboxylic acids is 1. The zero-order chi connectivity index (χ0) is 11.3. The standard InChI is InChI=1S/C10H10N2O2S/c1-2-9(10(13)14)15-8-4-3-7(5-11)12-6-8/h3-4,6,9H,2H2,1H3,(H,13,14). The van der Waals surface area contributed by atoms with Crippen LogP contribution in [0.5, 0.6) is 0 Å². The number of nitriles is 1. The molecule has 4 nitrogen and oxygen atoms in total. The number of carbonyl (C=O) groups is 1. The molecule has 0 aliphatic carbocycles. The van der Waals surface area contributed by atoms with Crippen molar-refractivity contribution in [3.63, 3.8) is 0 Å². The van der Waals surface area contributed by atoms with Crippen LogP contribution in [0.1, 0.15) is 19.0 Å². The summed E-state index contributed by atoms with van der Waals surface area (Å²) in [7, 11) is 0. The molecule has 0 bridgehead atoms. The summed E-state index contributed by atoms with van der Waals surface area (Å²) < 4.78 is 0. The van der Waals surface area contributed by atoms with E-state index in [1.807, 2.05) is 13.0 Å². The maximum absolute atomic E-state index is 10.8. The van der Waals surface area contributed by atoms with E-state index in [-0.39, 0.29) is 0 Å². The molecule has 1 aromatic rings. The number of pyridine rings is 1. The van der Waals surface area contributed by atoms with Crippen molar-refractivity contribution in [1.82, 2.24) is 4.98 Å².